The summed E-state index contributed by atoms with van der Waals surface area (Å²) in [6.45, 7) is 0.522. The first-order valence-corrected chi connectivity index (χ1v) is 8.31. The van der Waals surface area contributed by atoms with Crippen LogP contribution in [0.5, 0.6) is 23.0 Å². The number of anilines is 1. The predicted molar refractivity (Wildman–Crippen MR) is 101 cm³/mol. The number of hydrogen-bond donors (Lipinski definition) is 2. The van der Waals surface area contributed by atoms with E-state index in [4.69, 9.17) is 14.2 Å². The van der Waals surface area contributed by atoms with Crippen molar-refractivity contribution in [3.05, 3.63) is 51.6 Å². The van der Waals surface area contributed by atoms with E-state index in [0.717, 1.165) is 6.07 Å². The summed E-state index contributed by atoms with van der Waals surface area (Å²) >= 11 is 0. The molecule has 1 aliphatic rings. The minimum atomic E-state index is -0.859. The van der Waals surface area contributed by atoms with Crippen molar-refractivity contribution in [2.75, 3.05) is 25.6 Å². The number of aromatic hydroxyl groups is 1. The lowest BCUT2D eigenvalue weighted by Crippen LogP contribution is -2.18. The van der Waals surface area contributed by atoms with Gasteiger partial charge in [0.1, 0.15) is 30.5 Å². The minimum Gasteiger partial charge on any atom is -0.504 e. The van der Waals surface area contributed by atoms with Crippen molar-refractivity contribution in [1.29, 1.82) is 5.26 Å². The molecule has 2 aromatic rings. The number of amides is 1. The maximum absolute atomic E-state index is 12.5. The number of rotatable bonds is 5. The van der Waals surface area contributed by atoms with Gasteiger partial charge in [0.2, 0.25) is 0 Å². The van der Waals surface area contributed by atoms with Crippen LogP contribution in [0.15, 0.2) is 35.9 Å². The van der Waals surface area contributed by atoms with Crippen molar-refractivity contribution < 1.29 is 29.0 Å². The molecule has 1 heterocycles. The summed E-state index contributed by atoms with van der Waals surface area (Å²) in [5.74, 6) is -0.341. The molecule has 0 radical (unpaired) electrons. The van der Waals surface area contributed by atoms with Crippen LogP contribution in [0.4, 0.5) is 11.4 Å². The van der Waals surface area contributed by atoms with E-state index >= 15 is 0 Å². The van der Waals surface area contributed by atoms with Crippen LogP contribution in [0, 0.1) is 21.4 Å². The Morgan fingerprint density at radius 2 is 2.00 bits per heavy atom. The smallest absolute Gasteiger partial charge is 0.296 e. The van der Waals surface area contributed by atoms with Gasteiger partial charge in [-0.05, 0) is 23.8 Å². The SMILES string of the molecule is COc1ccc(/C=C(/C#N)C(=O)Nc2cc3c(cc2[N+](=O)[O-])OCCO3)cc1O. The summed E-state index contributed by atoms with van der Waals surface area (Å²) in [6, 6.07) is 8.50. The molecule has 10 nitrogen and oxygen atoms in total. The molecule has 1 aliphatic heterocycles. The average molecular weight is 397 g/mol. The van der Waals surface area contributed by atoms with Gasteiger partial charge in [0.25, 0.3) is 11.6 Å². The number of nitrogens with zero attached hydrogens (tertiary/aromatic N) is 2. The van der Waals surface area contributed by atoms with Crippen molar-refractivity contribution in [3.8, 4) is 29.1 Å². The number of nitro benzene ring substituents is 1. The molecule has 2 N–H and O–H groups in total. The van der Waals surface area contributed by atoms with Crippen molar-refractivity contribution in [3.63, 3.8) is 0 Å². The standard InChI is InChI=1S/C19H15N3O7/c1-27-16-3-2-11(7-15(16)23)6-12(10-20)19(24)21-13-8-17-18(29-5-4-28-17)9-14(13)22(25)26/h2-3,6-9,23H,4-5H2,1H3,(H,21,24)/b12-6-. The van der Waals surface area contributed by atoms with Gasteiger partial charge in [0, 0.05) is 6.07 Å². The second kappa shape index (κ2) is 8.18. The Kier molecular flexibility index (Phi) is 5.50. The summed E-state index contributed by atoms with van der Waals surface area (Å²) in [4.78, 5) is 23.2. The second-order valence-electron chi connectivity index (χ2n) is 5.83. The molecule has 29 heavy (non-hydrogen) atoms. The zero-order chi connectivity index (χ0) is 21.0. The van der Waals surface area contributed by atoms with Crippen LogP contribution in [0.3, 0.4) is 0 Å². The first-order chi connectivity index (χ1) is 13.9. The zero-order valence-corrected chi connectivity index (χ0v) is 15.2. The number of nitro groups is 1. The van der Waals surface area contributed by atoms with Crippen LogP contribution in [0.1, 0.15) is 5.56 Å². The highest BCUT2D eigenvalue weighted by Gasteiger charge is 2.24. The number of fused-ring (bicyclic) bond motifs is 1. The third-order valence-corrected chi connectivity index (χ3v) is 3.98. The van der Waals surface area contributed by atoms with E-state index in [1.807, 2.05) is 0 Å². The number of carbonyl (C=O) groups excluding carboxylic acids is 1. The Morgan fingerprint density at radius 1 is 1.31 bits per heavy atom. The van der Waals surface area contributed by atoms with E-state index in [2.05, 4.69) is 5.32 Å². The van der Waals surface area contributed by atoms with Gasteiger partial charge in [-0.2, -0.15) is 5.26 Å². The van der Waals surface area contributed by atoms with E-state index in [1.54, 1.807) is 6.07 Å². The number of methoxy groups -OCH3 is 1. The summed E-state index contributed by atoms with van der Waals surface area (Å²) in [6.07, 6.45) is 1.23. The number of benzene rings is 2. The van der Waals surface area contributed by atoms with Gasteiger partial charge >= 0.3 is 0 Å². The molecule has 0 atom stereocenters. The van der Waals surface area contributed by atoms with Crippen molar-refractivity contribution in [2.45, 2.75) is 0 Å². The summed E-state index contributed by atoms with van der Waals surface area (Å²) in [5, 5.41) is 32.9. The Hall–Kier alpha value is -4.26. The van der Waals surface area contributed by atoms with E-state index < -0.39 is 16.5 Å². The first-order valence-electron chi connectivity index (χ1n) is 8.31. The zero-order valence-electron chi connectivity index (χ0n) is 15.2. The Balaban J connectivity index is 1.91. The number of carbonyl (C=O) groups is 1. The van der Waals surface area contributed by atoms with Gasteiger partial charge in [-0.3, -0.25) is 14.9 Å². The highest BCUT2D eigenvalue weighted by Crippen LogP contribution is 2.39. The first kappa shape index (κ1) is 19.5. The second-order valence-corrected chi connectivity index (χ2v) is 5.83. The number of ether oxygens (including phenoxy) is 3. The highest BCUT2D eigenvalue weighted by atomic mass is 16.6. The third-order valence-electron chi connectivity index (χ3n) is 3.98. The van der Waals surface area contributed by atoms with Crippen LogP contribution in [0.25, 0.3) is 6.08 Å². The topological polar surface area (TPSA) is 144 Å². The van der Waals surface area contributed by atoms with Crippen molar-refractivity contribution >= 4 is 23.4 Å². The normalized spacial score (nSPS) is 12.6. The number of nitrogens with one attached hydrogen (secondary N) is 1. The number of hydrogen-bond acceptors (Lipinski definition) is 8. The van der Waals surface area contributed by atoms with E-state index in [9.17, 15) is 25.3 Å². The molecule has 0 unspecified atom stereocenters. The van der Waals surface area contributed by atoms with Gasteiger partial charge in [0.05, 0.1) is 18.1 Å². The molecule has 0 saturated carbocycles. The van der Waals surface area contributed by atoms with Gasteiger partial charge in [-0.1, -0.05) is 6.07 Å². The molecular weight excluding hydrogens is 382 g/mol. The van der Waals surface area contributed by atoms with Crippen LogP contribution < -0.4 is 19.5 Å². The molecule has 1 amide bonds. The molecule has 0 spiro atoms. The molecule has 0 bridgehead atoms. The largest absolute Gasteiger partial charge is 0.504 e. The quantitative estimate of drug-likeness (QED) is 0.339. The molecule has 0 aromatic heterocycles. The fourth-order valence-corrected chi connectivity index (χ4v) is 2.63. The molecular formula is C19H15N3O7. The van der Waals surface area contributed by atoms with Crippen molar-refractivity contribution in [2.24, 2.45) is 0 Å². The lowest BCUT2D eigenvalue weighted by molar-refractivity contribution is -0.384. The molecule has 148 valence electrons. The van der Waals surface area contributed by atoms with Gasteiger partial charge < -0.3 is 24.6 Å². The summed E-state index contributed by atoms with van der Waals surface area (Å²) < 4.78 is 15.6. The monoisotopic (exact) mass is 397 g/mol. The molecule has 0 aliphatic carbocycles. The van der Waals surface area contributed by atoms with Crippen molar-refractivity contribution in [1.82, 2.24) is 0 Å². The summed E-state index contributed by atoms with van der Waals surface area (Å²) in [7, 11) is 1.39. The highest BCUT2D eigenvalue weighted by molar-refractivity contribution is 6.10. The fourth-order valence-electron chi connectivity index (χ4n) is 2.63. The molecule has 0 fully saturated rings. The Labute approximate surface area is 164 Å². The number of phenolic OH excluding ortho intramolecular Hbond substituents is 1. The Bertz CT molecular complexity index is 1060. The predicted octanol–water partition coefficient (Wildman–Crippen LogP) is 2.63. The van der Waals surface area contributed by atoms with Crippen LogP contribution in [-0.4, -0.2) is 36.3 Å². The third kappa shape index (κ3) is 4.19. The minimum absolute atomic E-state index is 0.136. The van der Waals surface area contributed by atoms with Crippen LogP contribution in [-0.2, 0) is 4.79 Å². The lowest BCUT2D eigenvalue weighted by Gasteiger charge is -2.19. The average Bonchev–Trinajstić information content (AvgIpc) is 2.71. The van der Waals surface area contributed by atoms with Crippen LogP contribution in [0.2, 0.25) is 0 Å². The van der Waals surface area contributed by atoms with E-state index in [-0.39, 0.29) is 47.5 Å². The maximum atomic E-state index is 12.5. The molecule has 2 aromatic carbocycles. The van der Waals surface area contributed by atoms with Crippen LogP contribution >= 0.6 is 0 Å². The van der Waals surface area contributed by atoms with Gasteiger partial charge in [-0.25, -0.2) is 0 Å². The van der Waals surface area contributed by atoms with Gasteiger partial charge in [-0.15, -0.1) is 0 Å². The van der Waals surface area contributed by atoms with E-state index in [1.165, 1.54) is 37.5 Å². The molecule has 10 heteroatoms. The summed E-state index contributed by atoms with van der Waals surface area (Å²) in [5.41, 5.74) is -0.490. The Morgan fingerprint density at radius 3 is 2.59 bits per heavy atom. The lowest BCUT2D eigenvalue weighted by atomic mass is 10.1. The number of nitriles is 1. The molecule has 0 saturated heterocycles. The molecule has 3 rings (SSSR count). The van der Waals surface area contributed by atoms with Gasteiger partial charge in [0.15, 0.2) is 23.0 Å². The maximum Gasteiger partial charge on any atom is 0.296 e. The number of phenols is 1. The fraction of sp³-hybridized carbons (Fsp3) is 0.158. The van der Waals surface area contributed by atoms with E-state index in [0.29, 0.717) is 5.56 Å².